The maximum Gasteiger partial charge on any atom is 0.335 e. The molecule has 0 saturated carbocycles. The summed E-state index contributed by atoms with van der Waals surface area (Å²) in [6.45, 7) is 0. The molecule has 0 aliphatic heterocycles. The van der Waals surface area contributed by atoms with Crippen LogP contribution in [-0.4, -0.2) is 11.1 Å². The standard InChI is InChI=1S/C9H5F2NO2S/c10-8(11)5-1-4(9(13)14)2-7(15)6(5)3-12/h1-2,8,15H,(H,13,14). The summed E-state index contributed by atoms with van der Waals surface area (Å²) in [4.78, 5) is 10.5. The average Bonchev–Trinajstić information content (AvgIpc) is 2.16. The van der Waals surface area contributed by atoms with E-state index in [0.29, 0.717) is 0 Å². The molecule has 78 valence electrons. The fourth-order valence-corrected chi connectivity index (χ4v) is 1.38. The van der Waals surface area contributed by atoms with Crippen LogP contribution in [0.5, 0.6) is 0 Å². The molecule has 15 heavy (non-hydrogen) atoms. The minimum atomic E-state index is -2.90. The number of benzene rings is 1. The second kappa shape index (κ2) is 4.28. The quantitative estimate of drug-likeness (QED) is 0.766. The first-order valence-corrected chi connectivity index (χ1v) is 4.20. The molecular formula is C9H5F2NO2S. The topological polar surface area (TPSA) is 61.1 Å². The van der Waals surface area contributed by atoms with Crippen LogP contribution in [0.25, 0.3) is 0 Å². The Morgan fingerprint density at radius 3 is 2.53 bits per heavy atom. The average molecular weight is 229 g/mol. The number of aromatic carboxylic acids is 1. The largest absolute Gasteiger partial charge is 0.478 e. The molecule has 1 rings (SSSR count). The molecular weight excluding hydrogens is 224 g/mol. The number of carboxylic acids is 1. The molecule has 0 aromatic heterocycles. The predicted octanol–water partition coefficient (Wildman–Crippen LogP) is 2.48. The molecule has 0 radical (unpaired) electrons. The highest BCUT2D eigenvalue weighted by Gasteiger charge is 2.18. The molecule has 1 aromatic rings. The van der Waals surface area contributed by atoms with Crippen LogP contribution in [0.3, 0.4) is 0 Å². The molecule has 0 saturated heterocycles. The third kappa shape index (κ3) is 2.25. The van der Waals surface area contributed by atoms with Gasteiger partial charge in [0.2, 0.25) is 0 Å². The van der Waals surface area contributed by atoms with E-state index >= 15 is 0 Å². The normalized spacial score (nSPS) is 10.1. The highest BCUT2D eigenvalue weighted by Crippen LogP contribution is 2.28. The Kier molecular flexibility index (Phi) is 3.27. The highest BCUT2D eigenvalue weighted by atomic mass is 32.1. The van der Waals surface area contributed by atoms with Crippen molar-refractivity contribution < 1.29 is 18.7 Å². The van der Waals surface area contributed by atoms with Gasteiger partial charge < -0.3 is 5.11 Å². The van der Waals surface area contributed by atoms with Crippen molar-refractivity contribution in [2.75, 3.05) is 0 Å². The van der Waals surface area contributed by atoms with E-state index in [1.165, 1.54) is 0 Å². The van der Waals surface area contributed by atoms with Crippen LogP contribution in [0, 0.1) is 11.3 Å². The van der Waals surface area contributed by atoms with Gasteiger partial charge in [-0.25, -0.2) is 13.6 Å². The Morgan fingerprint density at radius 2 is 2.13 bits per heavy atom. The van der Waals surface area contributed by atoms with Crippen LogP contribution in [0.15, 0.2) is 17.0 Å². The summed E-state index contributed by atoms with van der Waals surface area (Å²) in [5.74, 6) is -1.34. The number of thiol groups is 1. The summed E-state index contributed by atoms with van der Waals surface area (Å²) >= 11 is 3.79. The molecule has 0 aliphatic carbocycles. The Morgan fingerprint density at radius 1 is 1.53 bits per heavy atom. The van der Waals surface area contributed by atoms with Crippen molar-refractivity contribution in [2.24, 2.45) is 0 Å². The van der Waals surface area contributed by atoms with Crippen molar-refractivity contribution in [1.82, 2.24) is 0 Å². The van der Waals surface area contributed by atoms with Crippen molar-refractivity contribution in [3.63, 3.8) is 0 Å². The maximum atomic E-state index is 12.5. The number of carboxylic acid groups (broad SMARTS) is 1. The first kappa shape index (κ1) is 11.5. The lowest BCUT2D eigenvalue weighted by Gasteiger charge is -2.06. The van der Waals surface area contributed by atoms with E-state index in [-0.39, 0.29) is 16.0 Å². The summed E-state index contributed by atoms with van der Waals surface area (Å²) < 4.78 is 24.9. The molecule has 0 spiro atoms. The summed E-state index contributed by atoms with van der Waals surface area (Å²) in [7, 11) is 0. The maximum absolute atomic E-state index is 12.5. The van der Waals surface area contributed by atoms with E-state index in [1.807, 2.05) is 0 Å². The predicted molar refractivity (Wildman–Crippen MR) is 50.3 cm³/mol. The first-order valence-electron chi connectivity index (χ1n) is 3.75. The number of nitrogens with zero attached hydrogens (tertiary/aromatic N) is 1. The van der Waals surface area contributed by atoms with Gasteiger partial charge in [-0.15, -0.1) is 12.6 Å². The number of hydrogen-bond donors (Lipinski definition) is 2. The van der Waals surface area contributed by atoms with Gasteiger partial charge in [-0.3, -0.25) is 0 Å². The van der Waals surface area contributed by atoms with Gasteiger partial charge in [-0.1, -0.05) is 0 Å². The van der Waals surface area contributed by atoms with Gasteiger partial charge in [0.15, 0.2) is 0 Å². The SMILES string of the molecule is N#Cc1c(S)cc(C(=O)O)cc1C(F)F. The van der Waals surface area contributed by atoms with Gasteiger partial charge in [0, 0.05) is 10.5 Å². The van der Waals surface area contributed by atoms with Crippen molar-refractivity contribution in [2.45, 2.75) is 11.3 Å². The van der Waals surface area contributed by atoms with E-state index in [1.54, 1.807) is 6.07 Å². The molecule has 1 aromatic carbocycles. The van der Waals surface area contributed by atoms with Crippen LogP contribution in [0.2, 0.25) is 0 Å². The molecule has 0 atom stereocenters. The van der Waals surface area contributed by atoms with Crippen molar-refractivity contribution in [1.29, 1.82) is 5.26 Å². The monoisotopic (exact) mass is 229 g/mol. The molecule has 0 unspecified atom stereocenters. The van der Waals surface area contributed by atoms with E-state index in [9.17, 15) is 13.6 Å². The smallest absolute Gasteiger partial charge is 0.335 e. The lowest BCUT2D eigenvalue weighted by atomic mass is 10.0. The molecule has 0 amide bonds. The zero-order valence-electron chi connectivity index (χ0n) is 7.24. The minimum Gasteiger partial charge on any atom is -0.478 e. The van der Waals surface area contributed by atoms with Crippen molar-refractivity contribution in [3.05, 3.63) is 28.8 Å². The first-order chi connectivity index (χ1) is 6.97. The summed E-state index contributed by atoms with van der Waals surface area (Å²) in [5, 5.41) is 17.2. The Bertz CT molecular complexity index is 454. The molecule has 6 heteroatoms. The molecule has 3 nitrogen and oxygen atoms in total. The second-order valence-electron chi connectivity index (χ2n) is 2.68. The molecule has 1 N–H and O–H groups in total. The number of hydrogen-bond acceptors (Lipinski definition) is 3. The van der Waals surface area contributed by atoms with Gasteiger partial charge in [0.25, 0.3) is 6.43 Å². The summed E-state index contributed by atoms with van der Waals surface area (Å²) in [5.41, 5.74) is -1.21. The number of nitriles is 1. The lowest BCUT2D eigenvalue weighted by Crippen LogP contribution is -2.01. The second-order valence-corrected chi connectivity index (χ2v) is 3.16. The van der Waals surface area contributed by atoms with Gasteiger partial charge in [-0.2, -0.15) is 5.26 Å². The Balaban J connectivity index is 3.47. The van der Waals surface area contributed by atoms with Crippen LogP contribution < -0.4 is 0 Å². The van der Waals surface area contributed by atoms with Crippen LogP contribution in [-0.2, 0) is 0 Å². The Hall–Kier alpha value is -1.61. The van der Waals surface area contributed by atoms with Crippen molar-refractivity contribution in [3.8, 4) is 6.07 Å². The van der Waals surface area contributed by atoms with Gasteiger partial charge >= 0.3 is 5.97 Å². The van der Waals surface area contributed by atoms with Crippen LogP contribution >= 0.6 is 12.6 Å². The van der Waals surface area contributed by atoms with Crippen LogP contribution in [0.4, 0.5) is 8.78 Å². The number of alkyl halides is 2. The number of halogens is 2. The Labute approximate surface area is 89.4 Å². The van der Waals surface area contributed by atoms with Gasteiger partial charge in [0.05, 0.1) is 11.1 Å². The van der Waals surface area contributed by atoms with E-state index in [0.717, 1.165) is 12.1 Å². The van der Waals surface area contributed by atoms with E-state index < -0.39 is 18.0 Å². The van der Waals surface area contributed by atoms with Crippen molar-refractivity contribution >= 4 is 18.6 Å². The molecule has 0 fully saturated rings. The molecule has 0 aliphatic rings. The highest BCUT2D eigenvalue weighted by molar-refractivity contribution is 7.80. The molecule has 0 bridgehead atoms. The van der Waals surface area contributed by atoms with Crippen LogP contribution in [0.1, 0.15) is 27.9 Å². The zero-order valence-corrected chi connectivity index (χ0v) is 8.13. The number of carbonyl (C=O) groups is 1. The lowest BCUT2D eigenvalue weighted by molar-refractivity contribution is 0.0696. The third-order valence-corrected chi connectivity index (χ3v) is 2.09. The fraction of sp³-hybridized carbons (Fsp3) is 0.111. The summed E-state index contributed by atoms with van der Waals surface area (Å²) in [6.07, 6.45) is -2.90. The van der Waals surface area contributed by atoms with E-state index in [2.05, 4.69) is 12.6 Å². The van der Waals surface area contributed by atoms with E-state index in [4.69, 9.17) is 10.4 Å². The third-order valence-electron chi connectivity index (χ3n) is 1.74. The number of rotatable bonds is 2. The minimum absolute atomic E-state index is 0.0623. The summed E-state index contributed by atoms with van der Waals surface area (Å²) in [6, 6.07) is 3.41. The fourth-order valence-electron chi connectivity index (χ4n) is 1.07. The zero-order chi connectivity index (χ0) is 11.6. The van der Waals surface area contributed by atoms with Gasteiger partial charge in [-0.05, 0) is 12.1 Å². The molecule has 0 heterocycles. The van der Waals surface area contributed by atoms with Gasteiger partial charge in [0.1, 0.15) is 6.07 Å².